The lowest BCUT2D eigenvalue weighted by Crippen LogP contribution is -2.28. The van der Waals surface area contributed by atoms with Gasteiger partial charge in [0.15, 0.2) is 0 Å². The highest BCUT2D eigenvalue weighted by molar-refractivity contribution is 7.90. The second-order valence-corrected chi connectivity index (χ2v) is 8.84. The van der Waals surface area contributed by atoms with E-state index < -0.39 is 10.0 Å². The Balaban J connectivity index is 1.57. The number of nitrogens with one attached hydrogen (secondary N) is 1. The number of nitrogens with zero attached hydrogens (tertiary/aromatic N) is 3. The molecule has 126 valence electrons. The number of aryl methyl sites for hydroxylation is 1. The third-order valence-electron chi connectivity index (χ3n) is 4.41. The number of hydrogen-bond donors (Lipinski definition) is 1. The van der Waals surface area contributed by atoms with Gasteiger partial charge >= 0.3 is 0 Å². The van der Waals surface area contributed by atoms with E-state index in [0.29, 0.717) is 18.9 Å². The molecule has 1 saturated carbocycles. The monoisotopic (exact) mass is 364 g/mol. The van der Waals surface area contributed by atoms with Crippen molar-refractivity contribution in [2.45, 2.75) is 38.1 Å². The first-order valence-electron chi connectivity index (χ1n) is 7.80. The fourth-order valence-corrected chi connectivity index (χ4v) is 4.81. The Labute approximate surface area is 145 Å². The molecule has 0 bridgehead atoms. The van der Waals surface area contributed by atoms with Gasteiger partial charge in [-0.05, 0) is 54.6 Å². The molecule has 1 aromatic carbocycles. The van der Waals surface area contributed by atoms with Crippen LogP contribution in [0.4, 0.5) is 11.5 Å². The van der Waals surface area contributed by atoms with Gasteiger partial charge in [-0.2, -0.15) is 4.31 Å². The highest BCUT2D eigenvalue weighted by Crippen LogP contribution is 2.36. The molecular formula is C16H17ClN4O2S. The van der Waals surface area contributed by atoms with Crippen molar-refractivity contribution in [3.8, 4) is 0 Å². The summed E-state index contributed by atoms with van der Waals surface area (Å²) in [6.07, 6.45) is 3.24. The summed E-state index contributed by atoms with van der Waals surface area (Å²) in [4.78, 5) is 8.12. The molecule has 1 aromatic heterocycles. The van der Waals surface area contributed by atoms with Gasteiger partial charge in [0.05, 0.1) is 5.25 Å². The number of sulfonamides is 1. The quantitative estimate of drug-likeness (QED) is 0.844. The summed E-state index contributed by atoms with van der Waals surface area (Å²) in [6.45, 7) is 2.80. The summed E-state index contributed by atoms with van der Waals surface area (Å²) in [6, 6.07) is 5.88. The molecule has 8 heteroatoms. The van der Waals surface area contributed by atoms with Crippen molar-refractivity contribution in [3.63, 3.8) is 0 Å². The van der Waals surface area contributed by atoms with Crippen LogP contribution < -0.4 is 5.32 Å². The zero-order valence-electron chi connectivity index (χ0n) is 13.2. The SMILES string of the molecule is Cc1cnc(Cl)nc1Nc1ccc2c(c1)CN(S(=O)(=O)C1CC1)C2. The van der Waals surface area contributed by atoms with E-state index in [9.17, 15) is 8.42 Å². The minimum Gasteiger partial charge on any atom is -0.340 e. The van der Waals surface area contributed by atoms with Gasteiger partial charge in [-0.1, -0.05) is 6.07 Å². The number of halogens is 1. The van der Waals surface area contributed by atoms with Crippen molar-refractivity contribution in [1.82, 2.24) is 14.3 Å². The zero-order chi connectivity index (χ0) is 16.9. The van der Waals surface area contributed by atoms with E-state index in [2.05, 4.69) is 15.3 Å². The van der Waals surface area contributed by atoms with E-state index in [0.717, 1.165) is 35.2 Å². The lowest BCUT2D eigenvalue weighted by atomic mass is 10.1. The summed E-state index contributed by atoms with van der Waals surface area (Å²) in [5, 5.41) is 3.24. The molecule has 1 aliphatic carbocycles. The molecule has 2 heterocycles. The standard InChI is InChI=1S/C16H17ClN4O2S/c1-10-7-18-16(17)20-15(10)19-13-3-2-11-8-21(9-12(11)6-13)24(22,23)14-4-5-14/h2-3,6-7,14H,4-5,8-9H2,1H3,(H,18,19,20). The molecule has 0 unspecified atom stereocenters. The van der Waals surface area contributed by atoms with Gasteiger partial charge in [-0.25, -0.2) is 18.4 Å². The van der Waals surface area contributed by atoms with E-state index in [-0.39, 0.29) is 10.5 Å². The minimum absolute atomic E-state index is 0.171. The summed E-state index contributed by atoms with van der Waals surface area (Å²) in [5.41, 5.74) is 3.83. The maximum absolute atomic E-state index is 12.4. The third kappa shape index (κ3) is 2.87. The third-order valence-corrected chi connectivity index (χ3v) is 6.88. The Hall–Kier alpha value is -1.70. The fourth-order valence-electron chi connectivity index (χ4n) is 2.88. The van der Waals surface area contributed by atoms with Crippen LogP contribution in [0.2, 0.25) is 5.28 Å². The molecule has 1 fully saturated rings. The van der Waals surface area contributed by atoms with Crippen LogP contribution in [0, 0.1) is 6.92 Å². The molecule has 24 heavy (non-hydrogen) atoms. The van der Waals surface area contributed by atoms with E-state index in [1.54, 1.807) is 10.5 Å². The lowest BCUT2D eigenvalue weighted by molar-refractivity contribution is 0.430. The largest absolute Gasteiger partial charge is 0.340 e. The Bertz CT molecular complexity index is 912. The van der Waals surface area contributed by atoms with Crippen LogP contribution in [-0.4, -0.2) is 27.9 Å². The lowest BCUT2D eigenvalue weighted by Gasteiger charge is -2.14. The van der Waals surface area contributed by atoms with Crippen molar-refractivity contribution >= 4 is 33.1 Å². The summed E-state index contributed by atoms with van der Waals surface area (Å²) < 4.78 is 26.4. The van der Waals surface area contributed by atoms with Gasteiger partial charge in [0.25, 0.3) is 0 Å². The van der Waals surface area contributed by atoms with Gasteiger partial charge in [0, 0.05) is 30.5 Å². The molecule has 1 N–H and O–H groups in total. The average Bonchev–Trinajstić information content (AvgIpc) is 3.31. The van der Waals surface area contributed by atoms with Crippen molar-refractivity contribution in [1.29, 1.82) is 0 Å². The Morgan fingerprint density at radius 3 is 2.75 bits per heavy atom. The van der Waals surface area contributed by atoms with E-state index in [1.807, 2.05) is 25.1 Å². The minimum atomic E-state index is -3.14. The van der Waals surface area contributed by atoms with Crippen LogP contribution in [0.15, 0.2) is 24.4 Å². The van der Waals surface area contributed by atoms with Gasteiger partial charge in [-0.3, -0.25) is 0 Å². The molecular weight excluding hydrogens is 348 g/mol. The number of fused-ring (bicyclic) bond motifs is 1. The highest BCUT2D eigenvalue weighted by atomic mass is 35.5. The maximum Gasteiger partial charge on any atom is 0.224 e. The van der Waals surface area contributed by atoms with Gasteiger partial charge in [-0.15, -0.1) is 0 Å². The fraction of sp³-hybridized carbons (Fsp3) is 0.375. The molecule has 0 spiro atoms. The number of benzene rings is 1. The van der Waals surface area contributed by atoms with Crippen molar-refractivity contribution in [3.05, 3.63) is 46.4 Å². The normalized spacial score (nSPS) is 17.8. The van der Waals surface area contributed by atoms with Crippen molar-refractivity contribution in [2.24, 2.45) is 0 Å². The van der Waals surface area contributed by atoms with Gasteiger partial charge in [0.1, 0.15) is 5.82 Å². The van der Waals surface area contributed by atoms with E-state index in [4.69, 9.17) is 11.6 Å². The average molecular weight is 365 g/mol. The molecule has 6 nitrogen and oxygen atoms in total. The molecule has 0 atom stereocenters. The van der Waals surface area contributed by atoms with Crippen molar-refractivity contribution in [2.75, 3.05) is 5.32 Å². The summed E-state index contributed by atoms with van der Waals surface area (Å²) >= 11 is 5.85. The van der Waals surface area contributed by atoms with Crippen LogP contribution in [0.25, 0.3) is 0 Å². The van der Waals surface area contributed by atoms with Crippen LogP contribution in [0.5, 0.6) is 0 Å². The second kappa shape index (κ2) is 5.68. The first-order chi connectivity index (χ1) is 11.4. The molecule has 0 saturated heterocycles. The number of aromatic nitrogens is 2. The Morgan fingerprint density at radius 1 is 1.25 bits per heavy atom. The molecule has 4 rings (SSSR count). The molecule has 2 aliphatic rings. The summed E-state index contributed by atoms with van der Waals surface area (Å²) in [5.74, 6) is 0.649. The smallest absolute Gasteiger partial charge is 0.224 e. The predicted molar refractivity (Wildman–Crippen MR) is 92.7 cm³/mol. The zero-order valence-corrected chi connectivity index (χ0v) is 14.7. The number of hydrogen-bond acceptors (Lipinski definition) is 5. The highest BCUT2D eigenvalue weighted by Gasteiger charge is 2.41. The van der Waals surface area contributed by atoms with E-state index in [1.165, 1.54) is 0 Å². The van der Waals surface area contributed by atoms with Crippen LogP contribution >= 0.6 is 11.6 Å². The van der Waals surface area contributed by atoms with E-state index >= 15 is 0 Å². The second-order valence-electron chi connectivity index (χ2n) is 6.29. The summed E-state index contributed by atoms with van der Waals surface area (Å²) in [7, 11) is -3.14. The molecule has 0 radical (unpaired) electrons. The maximum atomic E-state index is 12.4. The Morgan fingerprint density at radius 2 is 2.00 bits per heavy atom. The number of anilines is 2. The molecule has 2 aromatic rings. The van der Waals surface area contributed by atoms with Gasteiger partial charge in [0.2, 0.25) is 15.3 Å². The van der Waals surface area contributed by atoms with Crippen molar-refractivity contribution < 1.29 is 8.42 Å². The first kappa shape index (κ1) is 15.8. The van der Waals surface area contributed by atoms with Crippen LogP contribution in [0.3, 0.4) is 0 Å². The van der Waals surface area contributed by atoms with Crippen LogP contribution in [0.1, 0.15) is 29.5 Å². The van der Waals surface area contributed by atoms with Gasteiger partial charge < -0.3 is 5.32 Å². The molecule has 1 aliphatic heterocycles. The van der Waals surface area contributed by atoms with Crippen LogP contribution in [-0.2, 0) is 23.1 Å². The topological polar surface area (TPSA) is 75.2 Å². The first-order valence-corrected chi connectivity index (χ1v) is 9.68. The number of rotatable bonds is 4. The predicted octanol–water partition coefficient (Wildman–Crippen LogP) is 2.99. The Kier molecular flexibility index (Phi) is 3.74. The molecule has 0 amide bonds.